The molecule has 0 spiro atoms. The quantitative estimate of drug-likeness (QED) is 0.390. The van der Waals surface area contributed by atoms with Crippen LogP contribution in [0.3, 0.4) is 0 Å². The van der Waals surface area contributed by atoms with Crippen molar-refractivity contribution >= 4 is 5.96 Å². The maximum Gasteiger partial charge on any atom is 0.191 e. The summed E-state index contributed by atoms with van der Waals surface area (Å²) in [6.45, 7) is 10.1. The average Bonchev–Trinajstić information content (AvgIpc) is 3.05. The summed E-state index contributed by atoms with van der Waals surface area (Å²) in [7, 11) is 0. The first-order valence-electron chi connectivity index (χ1n) is 9.45. The second-order valence-corrected chi connectivity index (χ2v) is 6.04. The Labute approximate surface area is 156 Å². The summed E-state index contributed by atoms with van der Waals surface area (Å²) in [6, 6.07) is 8.06. The molecule has 0 atom stereocenters. The van der Waals surface area contributed by atoms with Crippen molar-refractivity contribution in [3.8, 4) is 5.75 Å². The Kier molecular flexibility index (Phi) is 8.52. The van der Waals surface area contributed by atoms with Gasteiger partial charge >= 0.3 is 0 Å². The van der Waals surface area contributed by atoms with Gasteiger partial charge in [-0.2, -0.15) is 0 Å². The number of aromatic nitrogens is 2. The van der Waals surface area contributed by atoms with Gasteiger partial charge in [0, 0.05) is 37.6 Å². The smallest absolute Gasteiger partial charge is 0.191 e. The van der Waals surface area contributed by atoms with Crippen LogP contribution in [-0.4, -0.2) is 35.2 Å². The molecule has 0 radical (unpaired) electrons. The number of ether oxygens (including phenoxy) is 1. The summed E-state index contributed by atoms with van der Waals surface area (Å²) in [5.74, 6) is 2.82. The summed E-state index contributed by atoms with van der Waals surface area (Å²) in [6.07, 6.45) is 6.07. The standard InChI is InChI=1S/C20H31N5O/c1-4-21-20(23-12-8-9-14-25-15-13-22-17(25)3)24-16-18-10-6-7-11-19(18)26-5-2/h6-7,10-11,13,15H,4-5,8-9,12,14,16H2,1-3H3,(H2,21,23,24). The number of nitrogens with one attached hydrogen (secondary N) is 2. The Bertz CT molecular complexity index is 680. The zero-order valence-electron chi connectivity index (χ0n) is 16.2. The molecule has 2 N–H and O–H groups in total. The van der Waals surface area contributed by atoms with Crippen LogP contribution in [0.5, 0.6) is 5.75 Å². The monoisotopic (exact) mass is 357 g/mol. The summed E-state index contributed by atoms with van der Waals surface area (Å²) >= 11 is 0. The van der Waals surface area contributed by atoms with Gasteiger partial charge in [0.25, 0.3) is 0 Å². The van der Waals surface area contributed by atoms with Gasteiger partial charge in [0.2, 0.25) is 0 Å². The van der Waals surface area contributed by atoms with Crippen molar-refractivity contribution < 1.29 is 4.74 Å². The topological polar surface area (TPSA) is 63.5 Å². The highest BCUT2D eigenvalue weighted by molar-refractivity contribution is 5.79. The number of rotatable bonds is 10. The number of guanidine groups is 1. The van der Waals surface area contributed by atoms with E-state index in [-0.39, 0.29) is 0 Å². The fraction of sp³-hybridized carbons (Fsp3) is 0.500. The van der Waals surface area contributed by atoms with Gasteiger partial charge in [-0.05, 0) is 39.7 Å². The molecule has 1 aromatic heterocycles. The molecule has 0 fully saturated rings. The lowest BCUT2D eigenvalue weighted by Crippen LogP contribution is -2.37. The molecule has 0 amide bonds. The molecule has 0 aliphatic heterocycles. The molecule has 0 unspecified atom stereocenters. The van der Waals surface area contributed by atoms with Gasteiger partial charge in [-0.3, -0.25) is 0 Å². The van der Waals surface area contributed by atoms with E-state index in [1.807, 2.05) is 44.4 Å². The van der Waals surface area contributed by atoms with Crippen LogP contribution in [0.1, 0.15) is 38.1 Å². The van der Waals surface area contributed by atoms with E-state index in [4.69, 9.17) is 4.74 Å². The van der Waals surface area contributed by atoms with Crippen LogP contribution in [0, 0.1) is 6.92 Å². The van der Waals surface area contributed by atoms with Crippen LogP contribution in [0.4, 0.5) is 0 Å². The Morgan fingerprint density at radius 3 is 2.77 bits per heavy atom. The van der Waals surface area contributed by atoms with E-state index in [1.54, 1.807) is 0 Å². The Balaban J connectivity index is 1.80. The van der Waals surface area contributed by atoms with Crippen molar-refractivity contribution in [2.24, 2.45) is 4.99 Å². The lowest BCUT2D eigenvalue weighted by Gasteiger charge is -2.13. The molecule has 0 aliphatic rings. The number of aliphatic imine (C=N–C) groups is 1. The first-order chi connectivity index (χ1) is 12.7. The Hall–Kier alpha value is -2.50. The first-order valence-corrected chi connectivity index (χ1v) is 9.45. The average molecular weight is 358 g/mol. The number of hydrogen-bond donors (Lipinski definition) is 2. The molecule has 1 aromatic carbocycles. The molecule has 2 rings (SSSR count). The summed E-state index contributed by atoms with van der Waals surface area (Å²) in [4.78, 5) is 8.94. The maximum absolute atomic E-state index is 5.67. The van der Waals surface area contributed by atoms with Crippen LogP contribution in [0.2, 0.25) is 0 Å². The van der Waals surface area contributed by atoms with E-state index in [0.717, 1.165) is 55.6 Å². The Morgan fingerprint density at radius 2 is 2.04 bits per heavy atom. The van der Waals surface area contributed by atoms with Crippen LogP contribution >= 0.6 is 0 Å². The van der Waals surface area contributed by atoms with E-state index in [9.17, 15) is 0 Å². The fourth-order valence-corrected chi connectivity index (χ4v) is 2.69. The highest BCUT2D eigenvalue weighted by atomic mass is 16.5. The van der Waals surface area contributed by atoms with Crippen LogP contribution in [0.15, 0.2) is 41.7 Å². The molecule has 26 heavy (non-hydrogen) atoms. The maximum atomic E-state index is 5.67. The lowest BCUT2D eigenvalue weighted by atomic mass is 10.2. The SMILES string of the molecule is CCNC(=NCc1ccccc1OCC)NCCCCn1ccnc1C. The minimum absolute atomic E-state index is 0.597. The molecule has 0 saturated carbocycles. The lowest BCUT2D eigenvalue weighted by molar-refractivity contribution is 0.336. The third-order valence-corrected chi connectivity index (χ3v) is 4.07. The normalized spacial score (nSPS) is 11.4. The predicted molar refractivity (Wildman–Crippen MR) is 107 cm³/mol. The van der Waals surface area contributed by atoms with E-state index in [0.29, 0.717) is 13.2 Å². The van der Waals surface area contributed by atoms with Gasteiger partial charge < -0.3 is 19.9 Å². The number of unbranched alkanes of at least 4 members (excludes halogenated alkanes) is 1. The van der Waals surface area contributed by atoms with Gasteiger partial charge in [-0.15, -0.1) is 0 Å². The zero-order valence-corrected chi connectivity index (χ0v) is 16.2. The molecule has 1 heterocycles. The molecular formula is C20H31N5O. The number of aryl methyl sites for hydroxylation is 2. The molecule has 0 bridgehead atoms. The molecule has 2 aromatic rings. The van der Waals surface area contributed by atoms with Crippen molar-refractivity contribution in [2.75, 3.05) is 19.7 Å². The van der Waals surface area contributed by atoms with Crippen molar-refractivity contribution in [1.82, 2.24) is 20.2 Å². The number of nitrogens with zero attached hydrogens (tertiary/aromatic N) is 3. The summed E-state index contributed by atoms with van der Waals surface area (Å²) in [5, 5.41) is 6.71. The van der Waals surface area contributed by atoms with E-state index in [2.05, 4.69) is 38.2 Å². The number of imidazole rings is 1. The molecular weight excluding hydrogens is 326 g/mol. The van der Waals surface area contributed by atoms with Crippen molar-refractivity contribution in [1.29, 1.82) is 0 Å². The third-order valence-electron chi connectivity index (χ3n) is 4.07. The second kappa shape index (κ2) is 11.2. The molecule has 0 aliphatic carbocycles. The van der Waals surface area contributed by atoms with E-state index >= 15 is 0 Å². The van der Waals surface area contributed by atoms with Gasteiger partial charge in [0.15, 0.2) is 5.96 Å². The number of hydrogen-bond acceptors (Lipinski definition) is 3. The molecule has 142 valence electrons. The van der Waals surface area contributed by atoms with Gasteiger partial charge in [0.1, 0.15) is 11.6 Å². The fourth-order valence-electron chi connectivity index (χ4n) is 2.69. The van der Waals surface area contributed by atoms with E-state index < -0.39 is 0 Å². The first kappa shape index (κ1) is 19.8. The van der Waals surface area contributed by atoms with Gasteiger partial charge in [-0.25, -0.2) is 9.98 Å². The van der Waals surface area contributed by atoms with Crippen LogP contribution in [-0.2, 0) is 13.1 Å². The van der Waals surface area contributed by atoms with Crippen LogP contribution < -0.4 is 15.4 Å². The highest BCUT2D eigenvalue weighted by Gasteiger charge is 2.03. The zero-order chi connectivity index (χ0) is 18.6. The van der Waals surface area contributed by atoms with Gasteiger partial charge in [0.05, 0.1) is 13.2 Å². The Morgan fingerprint density at radius 1 is 1.19 bits per heavy atom. The molecule has 6 nitrogen and oxygen atoms in total. The number of benzene rings is 1. The minimum atomic E-state index is 0.597. The third kappa shape index (κ3) is 6.43. The van der Waals surface area contributed by atoms with Gasteiger partial charge in [-0.1, -0.05) is 18.2 Å². The van der Waals surface area contributed by atoms with Crippen molar-refractivity contribution in [3.63, 3.8) is 0 Å². The van der Waals surface area contributed by atoms with Crippen molar-refractivity contribution in [2.45, 2.75) is 46.7 Å². The second-order valence-electron chi connectivity index (χ2n) is 6.04. The van der Waals surface area contributed by atoms with Crippen LogP contribution in [0.25, 0.3) is 0 Å². The van der Waals surface area contributed by atoms with E-state index in [1.165, 1.54) is 0 Å². The van der Waals surface area contributed by atoms with Crippen molar-refractivity contribution in [3.05, 3.63) is 48.0 Å². The predicted octanol–water partition coefficient (Wildman–Crippen LogP) is 3.13. The minimum Gasteiger partial charge on any atom is -0.494 e. The molecule has 6 heteroatoms. The largest absolute Gasteiger partial charge is 0.494 e. The number of para-hydroxylation sites is 1. The molecule has 0 saturated heterocycles. The summed E-state index contributed by atoms with van der Waals surface area (Å²) in [5.41, 5.74) is 1.10. The summed E-state index contributed by atoms with van der Waals surface area (Å²) < 4.78 is 7.85. The highest BCUT2D eigenvalue weighted by Crippen LogP contribution is 2.18.